The number of carbonyl (C=O) groups excluding carboxylic acids is 1. The van der Waals surface area contributed by atoms with E-state index in [-0.39, 0.29) is 5.78 Å². The van der Waals surface area contributed by atoms with Crippen molar-refractivity contribution in [3.8, 4) is 17.6 Å². The molecule has 0 aromatic heterocycles. The Bertz CT molecular complexity index is 733. The zero-order chi connectivity index (χ0) is 18.5. The average Bonchev–Trinajstić information content (AvgIpc) is 2.66. The Hall–Kier alpha value is -2.43. The van der Waals surface area contributed by atoms with Crippen molar-refractivity contribution in [1.82, 2.24) is 9.80 Å². The van der Waals surface area contributed by atoms with E-state index in [0.717, 1.165) is 39.1 Å². The molecular weight excluding hydrogens is 332 g/mol. The third-order valence-electron chi connectivity index (χ3n) is 4.80. The Morgan fingerprint density at radius 3 is 2.73 bits per heavy atom. The van der Waals surface area contributed by atoms with Gasteiger partial charge in [0.1, 0.15) is 5.92 Å². The van der Waals surface area contributed by atoms with Crippen molar-refractivity contribution in [3.05, 3.63) is 17.7 Å². The maximum Gasteiger partial charge on any atom is 0.187 e. The van der Waals surface area contributed by atoms with Gasteiger partial charge in [0.2, 0.25) is 0 Å². The Kier molecular flexibility index (Phi) is 5.86. The van der Waals surface area contributed by atoms with Crippen molar-refractivity contribution < 1.29 is 14.3 Å². The van der Waals surface area contributed by atoms with E-state index in [1.165, 1.54) is 13.3 Å². The summed E-state index contributed by atoms with van der Waals surface area (Å²) in [6.45, 7) is 5.97. The van der Waals surface area contributed by atoms with Crippen LogP contribution in [0.4, 0.5) is 5.69 Å². The van der Waals surface area contributed by atoms with Gasteiger partial charge in [-0.25, -0.2) is 0 Å². The molecular formula is C19H24N4O3. The van der Waals surface area contributed by atoms with Crippen LogP contribution in [-0.4, -0.2) is 75.3 Å². The predicted octanol–water partition coefficient (Wildman–Crippen LogP) is 1.75. The first-order chi connectivity index (χ1) is 12.6. The third-order valence-corrected chi connectivity index (χ3v) is 4.80. The maximum atomic E-state index is 12.3. The van der Waals surface area contributed by atoms with Gasteiger partial charge in [-0.3, -0.25) is 9.79 Å². The van der Waals surface area contributed by atoms with E-state index in [1.54, 1.807) is 12.1 Å². The summed E-state index contributed by atoms with van der Waals surface area (Å²) >= 11 is 0. The summed E-state index contributed by atoms with van der Waals surface area (Å²) in [7, 11) is 3.69. The molecule has 7 heteroatoms. The second kappa shape index (κ2) is 8.30. The number of methoxy groups -OCH3 is 1. The largest absolute Gasteiger partial charge is 0.493 e. The molecule has 2 heterocycles. The molecule has 0 spiro atoms. The van der Waals surface area contributed by atoms with Crippen LogP contribution >= 0.6 is 0 Å². The maximum absolute atomic E-state index is 12.3. The number of hydrogen-bond acceptors (Lipinski definition) is 7. The highest BCUT2D eigenvalue weighted by molar-refractivity contribution is 6.14. The predicted molar refractivity (Wildman–Crippen MR) is 98.6 cm³/mol. The van der Waals surface area contributed by atoms with E-state index >= 15 is 0 Å². The lowest BCUT2D eigenvalue weighted by atomic mass is 9.95. The van der Waals surface area contributed by atoms with Gasteiger partial charge in [-0.15, -0.1) is 0 Å². The summed E-state index contributed by atoms with van der Waals surface area (Å²) in [6, 6.07) is 5.28. The first-order valence-corrected chi connectivity index (χ1v) is 8.86. The number of ketones is 1. The van der Waals surface area contributed by atoms with Crippen LogP contribution in [0.5, 0.6) is 11.5 Å². The summed E-state index contributed by atoms with van der Waals surface area (Å²) in [5.41, 5.74) is 0.928. The Labute approximate surface area is 153 Å². The van der Waals surface area contributed by atoms with Gasteiger partial charge >= 0.3 is 0 Å². The van der Waals surface area contributed by atoms with E-state index in [2.05, 4.69) is 21.8 Å². The topological polar surface area (TPSA) is 78.2 Å². The van der Waals surface area contributed by atoms with Crippen molar-refractivity contribution in [1.29, 1.82) is 5.26 Å². The van der Waals surface area contributed by atoms with E-state index in [0.29, 0.717) is 29.4 Å². The highest BCUT2D eigenvalue weighted by atomic mass is 16.5. The number of likely N-dealkylation sites (N-methyl/N-ethyl adjacent to an activating group) is 1. The average molecular weight is 356 g/mol. The molecule has 1 atom stereocenters. The molecule has 0 radical (unpaired) electrons. The lowest BCUT2D eigenvalue weighted by molar-refractivity contribution is 0.0975. The molecule has 1 saturated heterocycles. The summed E-state index contributed by atoms with van der Waals surface area (Å²) in [4.78, 5) is 21.3. The van der Waals surface area contributed by atoms with Crippen molar-refractivity contribution in [2.24, 2.45) is 10.9 Å². The normalized spacial score (nSPS) is 20.5. The summed E-state index contributed by atoms with van der Waals surface area (Å²) in [5.74, 6) is -0.0181. The summed E-state index contributed by atoms with van der Waals surface area (Å²) < 4.78 is 11.2. The molecule has 1 aromatic rings. The Balaban J connectivity index is 1.60. The summed E-state index contributed by atoms with van der Waals surface area (Å²) in [6.07, 6.45) is 2.30. The lowest BCUT2D eigenvalue weighted by Gasteiger charge is -2.32. The van der Waals surface area contributed by atoms with Gasteiger partial charge in [-0.1, -0.05) is 0 Å². The highest BCUT2D eigenvalue weighted by Gasteiger charge is 2.26. The van der Waals surface area contributed by atoms with Gasteiger partial charge in [-0.05, 0) is 19.5 Å². The SMILES string of the molecule is COc1cc2c(cc1OCCCN1CCN(C)CC1)N=CC(C#N)C2=O. The van der Waals surface area contributed by atoms with Gasteiger partial charge in [0.15, 0.2) is 17.3 Å². The number of piperazine rings is 1. The number of carbonyl (C=O) groups is 1. The number of nitrogens with zero attached hydrogens (tertiary/aromatic N) is 4. The standard InChI is InChI=1S/C19H24N4O3/c1-22-5-7-23(8-6-22)4-3-9-26-18-11-16-15(10-17(18)25-2)19(24)14(12-20)13-21-16/h10-11,13-14H,3-9H2,1-2H3. The lowest BCUT2D eigenvalue weighted by Crippen LogP contribution is -2.44. The second-order valence-corrected chi connectivity index (χ2v) is 6.62. The van der Waals surface area contributed by atoms with Crippen LogP contribution in [0.2, 0.25) is 0 Å². The second-order valence-electron chi connectivity index (χ2n) is 6.62. The minimum atomic E-state index is -0.831. The quantitative estimate of drug-likeness (QED) is 0.723. The number of hydrogen-bond donors (Lipinski definition) is 0. The van der Waals surface area contributed by atoms with Gasteiger partial charge in [0.05, 0.1) is 25.5 Å². The fraction of sp³-hybridized carbons (Fsp3) is 0.526. The molecule has 0 amide bonds. The van der Waals surface area contributed by atoms with E-state index in [4.69, 9.17) is 14.7 Å². The fourth-order valence-corrected chi connectivity index (χ4v) is 3.15. The molecule has 1 unspecified atom stereocenters. The number of fused-ring (bicyclic) bond motifs is 1. The van der Waals surface area contributed by atoms with Gasteiger partial charge < -0.3 is 19.3 Å². The fourth-order valence-electron chi connectivity index (χ4n) is 3.15. The van der Waals surface area contributed by atoms with Gasteiger partial charge in [0.25, 0.3) is 0 Å². The molecule has 138 valence electrons. The molecule has 2 aliphatic rings. The van der Waals surface area contributed by atoms with Crippen molar-refractivity contribution >= 4 is 17.7 Å². The smallest absolute Gasteiger partial charge is 0.187 e. The molecule has 7 nitrogen and oxygen atoms in total. The van der Waals surface area contributed by atoms with Crippen LogP contribution in [0, 0.1) is 17.2 Å². The number of nitriles is 1. The number of rotatable bonds is 6. The van der Waals surface area contributed by atoms with Crippen LogP contribution < -0.4 is 9.47 Å². The van der Waals surface area contributed by atoms with Crippen LogP contribution in [-0.2, 0) is 0 Å². The molecule has 1 fully saturated rings. The van der Waals surface area contributed by atoms with Gasteiger partial charge in [-0.2, -0.15) is 5.26 Å². The molecule has 0 aliphatic carbocycles. The molecule has 2 aliphatic heterocycles. The molecule has 3 rings (SSSR count). The van der Waals surface area contributed by atoms with Crippen LogP contribution in [0.25, 0.3) is 0 Å². The third kappa shape index (κ3) is 4.03. The van der Waals surface area contributed by atoms with Crippen molar-refractivity contribution in [2.75, 3.05) is 53.5 Å². The van der Waals surface area contributed by atoms with E-state index in [9.17, 15) is 4.79 Å². The van der Waals surface area contributed by atoms with Crippen molar-refractivity contribution in [3.63, 3.8) is 0 Å². The highest BCUT2D eigenvalue weighted by Crippen LogP contribution is 2.37. The first kappa shape index (κ1) is 18.4. The number of Topliss-reactive ketones (excluding diaryl/α,β-unsaturated/α-hetero) is 1. The minimum absolute atomic E-state index is 0.252. The first-order valence-electron chi connectivity index (χ1n) is 8.86. The van der Waals surface area contributed by atoms with Gasteiger partial charge in [0, 0.05) is 50.6 Å². The van der Waals surface area contributed by atoms with Crippen molar-refractivity contribution in [2.45, 2.75) is 6.42 Å². The molecule has 26 heavy (non-hydrogen) atoms. The number of aliphatic imine (C=N–C) groups is 1. The van der Waals surface area contributed by atoms with Crippen LogP contribution in [0.3, 0.4) is 0 Å². The van der Waals surface area contributed by atoms with Crippen LogP contribution in [0.15, 0.2) is 17.1 Å². The van der Waals surface area contributed by atoms with E-state index < -0.39 is 5.92 Å². The monoisotopic (exact) mass is 356 g/mol. The zero-order valence-corrected chi connectivity index (χ0v) is 15.3. The zero-order valence-electron chi connectivity index (χ0n) is 15.3. The number of ether oxygens (including phenoxy) is 2. The molecule has 1 aromatic carbocycles. The minimum Gasteiger partial charge on any atom is -0.493 e. The van der Waals surface area contributed by atoms with Crippen LogP contribution in [0.1, 0.15) is 16.8 Å². The molecule has 0 N–H and O–H groups in total. The van der Waals surface area contributed by atoms with E-state index in [1.807, 2.05) is 6.07 Å². The Morgan fingerprint density at radius 2 is 2.04 bits per heavy atom. The molecule has 0 saturated carbocycles. The summed E-state index contributed by atoms with van der Waals surface area (Å²) in [5, 5.41) is 9.01. The number of benzene rings is 1. The Morgan fingerprint density at radius 1 is 1.27 bits per heavy atom. The molecule has 0 bridgehead atoms.